The van der Waals surface area contributed by atoms with Crippen LogP contribution in [-0.4, -0.2) is 52.0 Å². The molecule has 6 heteroatoms. The number of nitrogens with one attached hydrogen (secondary N) is 2. The maximum Gasteiger partial charge on any atom is 0.190 e. The summed E-state index contributed by atoms with van der Waals surface area (Å²) >= 11 is 0. The standard InChI is InChI=1S/C18H29N3O2.HI/c1-15-6-3-4-7-16(15)8-11-21-18(19-2)20-10-5-12-23-17-9-13-22-14-17;/h3-4,6-7,17H,5,8-14H2,1-2H3,(H2,19,20,21);1H. The Morgan fingerprint density at radius 1 is 1.29 bits per heavy atom. The van der Waals surface area contributed by atoms with Gasteiger partial charge in [-0.2, -0.15) is 0 Å². The molecule has 1 atom stereocenters. The predicted molar refractivity (Wildman–Crippen MR) is 109 cm³/mol. The minimum absolute atomic E-state index is 0. The summed E-state index contributed by atoms with van der Waals surface area (Å²) in [6, 6.07) is 8.49. The molecule has 0 aromatic heterocycles. The second-order valence-corrected chi connectivity index (χ2v) is 5.81. The van der Waals surface area contributed by atoms with Gasteiger partial charge in [-0.15, -0.1) is 24.0 Å². The molecule has 1 aromatic rings. The third-order valence-electron chi connectivity index (χ3n) is 4.03. The van der Waals surface area contributed by atoms with Crippen LogP contribution in [0.2, 0.25) is 0 Å². The molecule has 1 saturated heterocycles. The van der Waals surface area contributed by atoms with E-state index in [2.05, 4.69) is 46.8 Å². The van der Waals surface area contributed by atoms with Gasteiger partial charge < -0.3 is 20.1 Å². The summed E-state index contributed by atoms with van der Waals surface area (Å²) in [5.74, 6) is 0.850. The highest BCUT2D eigenvalue weighted by Gasteiger charge is 2.15. The van der Waals surface area contributed by atoms with Crippen LogP contribution in [0.15, 0.2) is 29.3 Å². The Morgan fingerprint density at radius 3 is 2.79 bits per heavy atom. The highest BCUT2D eigenvalue weighted by Crippen LogP contribution is 2.08. The quantitative estimate of drug-likeness (QED) is 0.278. The lowest BCUT2D eigenvalue weighted by Gasteiger charge is -2.13. The number of aryl methyl sites for hydroxylation is 1. The third-order valence-corrected chi connectivity index (χ3v) is 4.03. The van der Waals surface area contributed by atoms with E-state index in [0.29, 0.717) is 6.10 Å². The van der Waals surface area contributed by atoms with Crippen LogP contribution in [0.4, 0.5) is 0 Å². The molecule has 1 unspecified atom stereocenters. The number of hydrogen-bond donors (Lipinski definition) is 2. The summed E-state index contributed by atoms with van der Waals surface area (Å²) in [7, 11) is 1.80. The monoisotopic (exact) mass is 447 g/mol. The summed E-state index contributed by atoms with van der Waals surface area (Å²) in [5, 5.41) is 6.68. The van der Waals surface area contributed by atoms with E-state index in [1.54, 1.807) is 7.05 Å². The largest absolute Gasteiger partial charge is 0.379 e. The van der Waals surface area contributed by atoms with Gasteiger partial charge in [0.25, 0.3) is 0 Å². The summed E-state index contributed by atoms with van der Waals surface area (Å²) < 4.78 is 11.0. The molecule has 0 radical (unpaired) electrons. The molecular weight excluding hydrogens is 417 g/mol. The fraction of sp³-hybridized carbons (Fsp3) is 0.611. The van der Waals surface area contributed by atoms with Gasteiger partial charge in [0.2, 0.25) is 0 Å². The summed E-state index contributed by atoms with van der Waals surface area (Å²) in [4.78, 5) is 4.25. The molecule has 0 saturated carbocycles. The fourth-order valence-electron chi connectivity index (χ4n) is 2.60. The SMILES string of the molecule is CN=C(NCCCOC1CCOC1)NCCc1ccccc1C.I. The molecule has 1 heterocycles. The van der Waals surface area contributed by atoms with Crippen molar-refractivity contribution in [3.63, 3.8) is 0 Å². The van der Waals surface area contributed by atoms with Crippen molar-refractivity contribution in [2.75, 3.05) is 40.0 Å². The van der Waals surface area contributed by atoms with Gasteiger partial charge in [-0.25, -0.2) is 0 Å². The summed E-state index contributed by atoms with van der Waals surface area (Å²) in [6.07, 6.45) is 3.28. The van der Waals surface area contributed by atoms with Crippen molar-refractivity contribution >= 4 is 29.9 Å². The van der Waals surface area contributed by atoms with E-state index in [1.807, 2.05) is 0 Å². The molecule has 0 bridgehead atoms. The highest BCUT2D eigenvalue weighted by molar-refractivity contribution is 14.0. The minimum Gasteiger partial charge on any atom is -0.379 e. The number of aliphatic imine (C=N–C) groups is 1. The first-order chi connectivity index (χ1) is 11.3. The first kappa shape index (κ1) is 21.2. The minimum atomic E-state index is 0. The molecule has 1 aromatic carbocycles. The van der Waals surface area contributed by atoms with Gasteiger partial charge in [0.05, 0.1) is 12.7 Å². The Hall–Kier alpha value is -0.860. The highest BCUT2D eigenvalue weighted by atomic mass is 127. The van der Waals surface area contributed by atoms with Gasteiger partial charge in [-0.05, 0) is 37.3 Å². The molecule has 24 heavy (non-hydrogen) atoms. The van der Waals surface area contributed by atoms with Gasteiger partial charge in [0.1, 0.15) is 0 Å². The molecule has 2 rings (SSSR count). The molecule has 136 valence electrons. The van der Waals surface area contributed by atoms with Gasteiger partial charge >= 0.3 is 0 Å². The Balaban J connectivity index is 0.00000288. The van der Waals surface area contributed by atoms with E-state index in [9.17, 15) is 0 Å². The van der Waals surface area contributed by atoms with Crippen molar-refractivity contribution in [1.29, 1.82) is 0 Å². The zero-order valence-electron chi connectivity index (χ0n) is 14.7. The zero-order valence-corrected chi connectivity index (χ0v) is 17.0. The fourth-order valence-corrected chi connectivity index (χ4v) is 2.60. The Morgan fingerprint density at radius 2 is 2.08 bits per heavy atom. The predicted octanol–water partition coefficient (Wildman–Crippen LogP) is 2.52. The number of rotatable bonds is 8. The number of hydrogen-bond acceptors (Lipinski definition) is 3. The van der Waals surface area contributed by atoms with Crippen molar-refractivity contribution in [3.8, 4) is 0 Å². The van der Waals surface area contributed by atoms with Crippen LogP contribution in [0.25, 0.3) is 0 Å². The maximum atomic E-state index is 5.75. The first-order valence-corrected chi connectivity index (χ1v) is 8.48. The van der Waals surface area contributed by atoms with E-state index in [0.717, 1.165) is 58.1 Å². The van der Waals surface area contributed by atoms with Gasteiger partial charge in [-0.3, -0.25) is 4.99 Å². The van der Waals surface area contributed by atoms with Crippen LogP contribution in [0.5, 0.6) is 0 Å². The van der Waals surface area contributed by atoms with Gasteiger partial charge in [0.15, 0.2) is 5.96 Å². The third kappa shape index (κ3) is 7.81. The van der Waals surface area contributed by atoms with Crippen LogP contribution in [0, 0.1) is 6.92 Å². The van der Waals surface area contributed by atoms with Gasteiger partial charge in [0, 0.05) is 33.4 Å². The van der Waals surface area contributed by atoms with E-state index >= 15 is 0 Å². The van der Waals surface area contributed by atoms with Crippen LogP contribution in [0.1, 0.15) is 24.0 Å². The Kier molecular flexibility index (Phi) is 11.0. The summed E-state index contributed by atoms with van der Waals surface area (Å²) in [6.45, 7) is 6.23. The molecule has 2 N–H and O–H groups in total. The normalized spacial score (nSPS) is 17.4. The topological polar surface area (TPSA) is 54.9 Å². The lowest BCUT2D eigenvalue weighted by Crippen LogP contribution is -2.39. The molecule has 1 aliphatic heterocycles. The van der Waals surface area contributed by atoms with E-state index < -0.39 is 0 Å². The molecule has 0 amide bonds. The average molecular weight is 447 g/mol. The molecular formula is C18H30IN3O2. The molecule has 5 nitrogen and oxygen atoms in total. The van der Waals surface area contributed by atoms with Crippen molar-refractivity contribution in [2.45, 2.75) is 32.3 Å². The van der Waals surface area contributed by atoms with Crippen LogP contribution < -0.4 is 10.6 Å². The van der Waals surface area contributed by atoms with E-state index in [1.165, 1.54) is 11.1 Å². The number of benzene rings is 1. The molecule has 1 fully saturated rings. The molecule has 1 aliphatic rings. The van der Waals surface area contributed by atoms with E-state index in [-0.39, 0.29) is 24.0 Å². The smallest absolute Gasteiger partial charge is 0.190 e. The number of ether oxygens (including phenoxy) is 2. The second-order valence-electron chi connectivity index (χ2n) is 5.81. The van der Waals surface area contributed by atoms with Crippen LogP contribution >= 0.6 is 24.0 Å². The van der Waals surface area contributed by atoms with Crippen molar-refractivity contribution < 1.29 is 9.47 Å². The Bertz CT molecular complexity index is 491. The average Bonchev–Trinajstić information content (AvgIpc) is 3.08. The van der Waals surface area contributed by atoms with Crippen molar-refractivity contribution in [2.24, 2.45) is 4.99 Å². The Labute approximate surface area is 162 Å². The lowest BCUT2D eigenvalue weighted by atomic mass is 10.1. The number of halogens is 1. The van der Waals surface area contributed by atoms with Crippen molar-refractivity contribution in [3.05, 3.63) is 35.4 Å². The lowest BCUT2D eigenvalue weighted by molar-refractivity contribution is 0.0420. The van der Waals surface area contributed by atoms with Gasteiger partial charge in [-0.1, -0.05) is 24.3 Å². The maximum absolute atomic E-state index is 5.75. The molecule has 0 aliphatic carbocycles. The zero-order chi connectivity index (χ0) is 16.3. The van der Waals surface area contributed by atoms with Crippen molar-refractivity contribution in [1.82, 2.24) is 10.6 Å². The first-order valence-electron chi connectivity index (χ1n) is 8.48. The number of guanidine groups is 1. The van der Waals surface area contributed by atoms with E-state index in [4.69, 9.17) is 9.47 Å². The van der Waals surface area contributed by atoms with Crippen LogP contribution in [-0.2, 0) is 15.9 Å². The number of nitrogens with zero attached hydrogens (tertiary/aromatic N) is 1. The summed E-state index contributed by atoms with van der Waals surface area (Å²) in [5.41, 5.74) is 2.72. The van der Waals surface area contributed by atoms with Crippen LogP contribution in [0.3, 0.4) is 0 Å². The second kappa shape index (κ2) is 12.5. The molecule has 0 spiro atoms.